The van der Waals surface area contributed by atoms with Crippen molar-refractivity contribution in [2.45, 2.75) is 0 Å². The number of rotatable bonds is 0. The molecule has 0 aromatic rings. The number of amides is 2. The van der Waals surface area contributed by atoms with E-state index in [0.717, 1.165) is 0 Å². The van der Waals surface area contributed by atoms with E-state index in [9.17, 15) is 4.79 Å². The first kappa shape index (κ1) is 6.16. The van der Waals surface area contributed by atoms with E-state index in [1.54, 1.807) is 0 Å². The van der Waals surface area contributed by atoms with Gasteiger partial charge in [-0.25, -0.2) is 9.79 Å². The minimum atomic E-state index is -0.854. The Balaban J connectivity index is 3.68. The number of primary amides is 1. The van der Waals surface area contributed by atoms with Crippen LogP contribution < -0.4 is 11.5 Å². The topological polar surface area (TPSA) is 81.5 Å². The lowest BCUT2D eigenvalue weighted by molar-refractivity contribution is 0.257. The molecule has 0 saturated heterocycles. The van der Waals surface area contributed by atoms with Crippen LogP contribution in [0.25, 0.3) is 0 Å². The minimum absolute atomic E-state index is 0.229. The first-order valence-corrected chi connectivity index (χ1v) is 1.84. The van der Waals surface area contributed by atoms with Crippen LogP contribution in [0.1, 0.15) is 0 Å². The molecule has 0 aliphatic carbocycles. The fourth-order valence-corrected chi connectivity index (χ4v) is 0.199. The SMILES string of the molecule is NC(=O)N=C(N)[S-]. The standard InChI is InChI=1S/C2H5N3OS/c3-1(6)5-2(4)7/h(H5,3,4,5,6,7)/p-1. The summed E-state index contributed by atoms with van der Waals surface area (Å²) in [5.74, 6) is 0. The highest BCUT2D eigenvalue weighted by atomic mass is 32.1. The molecular weight excluding hydrogens is 114 g/mol. The first-order valence-electron chi connectivity index (χ1n) is 1.43. The Morgan fingerprint density at radius 2 is 2.00 bits per heavy atom. The number of nitrogens with two attached hydrogens (primary N) is 2. The summed E-state index contributed by atoms with van der Waals surface area (Å²) in [5, 5.41) is -0.229. The maximum atomic E-state index is 9.70. The van der Waals surface area contributed by atoms with Crippen molar-refractivity contribution in [3.05, 3.63) is 0 Å². The maximum Gasteiger partial charge on any atom is 0.338 e. The molecule has 0 spiro atoms. The van der Waals surface area contributed by atoms with Crippen molar-refractivity contribution in [1.82, 2.24) is 0 Å². The summed E-state index contributed by atoms with van der Waals surface area (Å²) in [6, 6.07) is -0.854. The van der Waals surface area contributed by atoms with E-state index >= 15 is 0 Å². The normalized spacial score (nSPS) is 11.1. The van der Waals surface area contributed by atoms with E-state index < -0.39 is 6.03 Å². The molecule has 0 unspecified atom stereocenters. The highest BCUT2D eigenvalue weighted by Crippen LogP contribution is 1.64. The van der Waals surface area contributed by atoms with Crippen LogP contribution in [0.5, 0.6) is 0 Å². The van der Waals surface area contributed by atoms with Gasteiger partial charge in [0.15, 0.2) is 0 Å². The second kappa shape index (κ2) is 2.35. The van der Waals surface area contributed by atoms with Gasteiger partial charge in [0.2, 0.25) is 0 Å². The fourth-order valence-electron chi connectivity index (χ4n) is 0.109. The lowest BCUT2D eigenvalue weighted by Gasteiger charge is -1.96. The van der Waals surface area contributed by atoms with Crippen molar-refractivity contribution >= 4 is 23.8 Å². The summed E-state index contributed by atoms with van der Waals surface area (Å²) in [6.07, 6.45) is 0. The average Bonchev–Trinajstić information content (AvgIpc) is 1.27. The molecule has 0 aromatic heterocycles. The molecule has 2 amide bonds. The summed E-state index contributed by atoms with van der Waals surface area (Å²) in [4.78, 5) is 12.6. The Morgan fingerprint density at radius 1 is 1.57 bits per heavy atom. The summed E-state index contributed by atoms with van der Waals surface area (Å²) in [7, 11) is 0. The summed E-state index contributed by atoms with van der Waals surface area (Å²) in [5.41, 5.74) is 9.28. The third kappa shape index (κ3) is 5.16. The predicted octanol–water partition coefficient (Wildman–Crippen LogP) is -1.07. The number of nitrogens with zero attached hydrogens (tertiary/aromatic N) is 1. The van der Waals surface area contributed by atoms with Crippen molar-refractivity contribution in [2.75, 3.05) is 0 Å². The first-order chi connectivity index (χ1) is 3.13. The number of amidine groups is 1. The van der Waals surface area contributed by atoms with Crippen LogP contribution in [0.15, 0.2) is 4.99 Å². The highest BCUT2D eigenvalue weighted by molar-refractivity contribution is 7.77. The van der Waals surface area contributed by atoms with Gasteiger partial charge in [-0.05, 0) is 5.17 Å². The Hall–Kier alpha value is -0.840. The van der Waals surface area contributed by atoms with E-state index in [0.29, 0.717) is 0 Å². The van der Waals surface area contributed by atoms with Gasteiger partial charge in [0.1, 0.15) is 0 Å². The number of carbonyl (C=O) groups excluding carboxylic acids is 1. The minimum Gasteiger partial charge on any atom is -0.743 e. The number of hydrogen-bond acceptors (Lipinski definition) is 2. The second-order valence-electron chi connectivity index (χ2n) is 0.788. The molecule has 4 N–H and O–H groups in total. The van der Waals surface area contributed by atoms with E-state index in [1.807, 2.05) is 0 Å². The van der Waals surface area contributed by atoms with Crippen LogP contribution in [0.2, 0.25) is 0 Å². The Morgan fingerprint density at radius 3 is 2.00 bits per heavy atom. The van der Waals surface area contributed by atoms with Gasteiger partial charge in [-0.15, -0.1) is 0 Å². The van der Waals surface area contributed by atoms with Gasteiger partial charge in [-0.3, -0.25) is 0 Å². The third-order valence-corrected chi connectivity index (χ3v) is 0.312. The monoisotopic (exact) mass is 118 g/mol. The van der Waals surface area contributed by atoms with Gasteiger partial charge >= 0.3 is 6.03 Å². The van der Waals surface area contributed by atoms with Crippen LogP contribution in [-0.2, 0) is 12.6 Å². The summed E-state index contributed by atoms with van der Waals surface area (Å²) in [6.45, 7) is 0. The Kier molecular flexibility index (Phi) is 2.07. The van der Waals surface area contributed by atoms with Gasteiger partial charge < -0.3 is 24.1 Å². The van der Waals surface area contributed by atoms with E-state index in [2.05, 4.69) is 23.4 Å². The molecule has 0 saturated carbocycles. The van der Waals surface area contributed by atoms with Crippen molar-refractivity contribution in [3.63, 3.8) is 0 Å². The van der Waals surface area contributed by atoms with E-state index in [-0.39, 0.29) is 5.17 Å². The molecule has 0 aliphatic heterocycles. The van der Waals surface area contributed by atoms with E-state index in [4.69, 9.17) is 5.73 Å². The Bertz CT molecular complexity index is 106. The predicted molar refractivity (Wildman–Crippen MR) is 28.6 cm³/mol. The van der Waals surface area contributed by atoms with Crippen LogP contribution >= 0.6 is 0 Å². The van der Waals surface area contributed by atoms with Gasteiger partial charge in [-0.1, -0.05) is 0 Å². The summed E-state index contributed by atoms with van der Waals surface area (Å²) >= 11 is 4.18. The largest absolute Gasteiger partial charge is 0.743 e. The number of aliphatic imine (C=N–C) groups is 1. The molecule has 5 heteroatoms. The maximum absolute atomic E-state index is 9.70. The van der Waals surface area contributed by atoms with Crippen LogP contribution in [0.3, 0.4) is 0 Å². The van der Waals surface area contributed by atoms with Crippen LogP contribution in [0.4, 0.5) is 4.79 Å². The van der Waals surface area contributed by atoms with Crippen LogP contribution in [-0.4, -0.2) is 11.2 Å². The summed E-state index contributed by atoms with van der Waals surface area (Å²) < 4.78 is 0. The molecule has 0 radical (unpaired) electrons. The van der Waals surface area contributed by atoms with Gasteiger partial charge in [-0.2, -0.15) is 0 Å². The molecule has 0 atom stereocenters. The lowest BCUT2D eigenvalue weighted by Crippen LogP contribution is -2.13. The van der Waals surface area contributed by atoms with Crippen molar-refractivity contribution in [2.24, 2.45) is 16.5 Å². The zero-order chi connectivity index (χ0) is 5.86. The molecule has 4 nitrogen and oxygen atoms in total. The number of carbonyl (C=O) groups is 1. The van der Waals surface area contributed by atoms with Crippen molar-refractivity contribution < 1.29 is 4.79 Å². The molecule has 7 heavy (non-hydrogen) atoms. The molecule has 0 heterocycles. The second-order valence-corrected chi connectivity index (χ2v) is 1.21. The smallest absolute Gasteiger partial charge is 0.338 e. The van der Waals surface area contributed by atoms with Crippen molar-refractivity contribution in [1.29, 1.82) is 0 Å². The molecule has 0 aliphatic rings. The zero-order valence-corrected chi connectivity index (χ0v) is 4.23. The van der Waals surface area contributed by atoms with Crippen LogP contribution in [0, 0.1) is 0 Å². The Labute approximate surface area is 46.0 Å². The molecule has 0 aromatic carbocycles. The molecule has 0 bridgehead atoms. The molecule has 0 rings (SSSR count). The zero-order valence-electron chi connectivity index (χ0n) is 3.42. The fraction of sp³-hybridized carbons (Fsp3) is 0. The average molecular weight is 118 g/mol. The van der Waals surface area contributed by atoms with Gasteiger partial charge in [0.25, 0.3) is 0 Å². The molecule has 40 valence electrons. The number of hydrogen-bond donors (Lipinski definition) is 2. The third-order valence-electron chi connectivity index (χ3n) is 0.220. The lowest BCUT2D eigenvalue weighted by atomic mass is 11.1. The van der Waals surface area contributed by atoms with Gasteiger partial charge in [0, 0.05) is 0 Å². The molecular formula is C2H4N3OS-. The molecule has 0 fully saturated rings. The highest BCUT2D eigenvalue weighted by Gasteiger charge is 1.76. The van der Waals surface area contributed by atoms with Gasteiger partial charge in [0.05, 0.1) is 0 Å². The van der Waals surface area contributed by atoms with E-state index in [1.165, 1.54) is 0 Å². The quantitative estimate of drug-likeness (QED) is 0.241. The number of urea groups is 1. The van der Waals surface area contributed by atoms with Crippen molar-refractivity contribution in [3.8, 4) is 0 Å².